The van der Waals surface area contributed by atoms with Crippen LogP contribution in [-0.2, 0) is 22.8 Å². The van der Waals surface area contributed by atoms with Gasteiger partial charge in [-0.05, 0) is 66.6 Å². The molecule has 0 spiro atoms. The number of amides is 1. The number of benzene rings is 3. The molecule has 0 atom stereocenters. The molecule has 0 radical (unpaired) electrons. The predicted molar refractivity (Wildman–Crippen MR) is 154 cm³/mol. The Hall–Kier alpha value is -3.99. The van der Waals surface area contributed by atoms with E-state index in [1.165, 1.54) is 4.68 Å². The van der Waals surface area contributed by atoms with E-state index in [1.807, 2.05) is 43.4 Å². The van der Waals surface area contributed by atoms with Crippen LogP contribution in [-0.4, -0.2) is 74.2 Å². The minimum atomic E-state index is -3.65. The number of aliphatic hydroxyl groups excluding tert-OH is 1. The zero-order chi connectivity index (χ0) is 28.4. The van der Waals surface area contributed by atoms with Crippen molar-refractivity contribution >= 4 is 21.4 Å². The fraction of sp³-hybridized carbons (Fsp3) is 0.267. The lowest BCUT2D eigenvalue weighted by Crippen LogP contribution is -2.38. The fourth-order valence-electron chi connectivity index (χ4n) is 5.08. The van der Waals surface area contributed by atoms with E-state index in [0.717, 1.165) is 28.6 Å². The molecule has 0 fully saturated rings. The van der Waals surface area contributed by atoms with Crippen molar-refractivity contribution in [1.29, 1.82) is 0 Å². The van der Waals surface area contributed by atoms with E-state index in [9.17, 15) is 18.3 Å². The maximum atomic E-state index is 13.9. The molecular weight excluding hydrogens is 528 g/mol. The minimum absolute atomic E-state index is 0.0653. The van der Waals surface area contributed by atoms with Gasteiger partial charge < -0.3 is 14.7 Å². The van der Waals surface area contributed by atoms with Crippen molar-refractivity contribution in [3.63, 3.8) is 0 Å². The van der Waals surface area contributed by atoms with Crippen molar-refractivity contribution in [3.05, 3.63) is 89.6 Å². The van der Waals surface area contributed by atoms with Crippen molar-refractivity contribution in [2.45, 2.75) is 18.0 Å². The van der Waals surface area contributed by atoms with Crippen LogP contribution in [0.15, 0.2) is 77.8 Å². The predicted octanol–water partition coefficient (Wildman–Crippen LogP) is 3.58. The third-order valence-electron chi connectivity index (χ3n) is 7.08. The van der Waals surface area contributed by atoms with Crippen LogP contribution in [0.25, 0.3) is 16.8 Å². The molecule has 0 saturated carbocycles. The van der Waals surface area contributed by atoms with E-state index >= 15 is 0 Å². The van der Waals surface area contributed by atoms with Gasteiger partial charge in [-0.3, -0.25) is 9.69 Å². The zero-order valence-electron chi connectivity index (χ0n) is 22.7. The van der Waals surface area contributed by atoms with Gasteiger partial charge in [0.15, 0.2) is 14.9 Å². The molecule has 0 aliphatic carbocycles. The van der Waals surface area contributed by atoms with Crippen LogP contribution >= 0.6 is 0 Å². The molecule has 0 bridgehead atoms. The summed E-state index contributed by atoms with van der Waals surface area (Å²) >= 11 is 0. The second kappa shape index (κ2) is 11.2. The summed E-state index contributed by atoms with van der Waals surface area (Å²) in [7, 11) is -0.114. The van der Waals surface area contributed by atoms with E-state index in [2.05, 4.69) is 22.1 Å². The summed E-state index contributed by atoms with van der Waals surface area (Å²) in [4.78, 5) is 17.6. The summed E-state index contributed by atoms with van der Waals surface area (Å²) in [6, 6.07) is 22.9. The number of sulfone groups is 1. The number of hydrogen-bond donors (Lipinski definition) is 1. The first-order chi connectivity index (χ1) is 19.2. The highest BCUT2D eigenvalue weighted by Crippen LogP contribution is 2.33. The van der Waals surface area contributed by atoms with Gasteiger partial charge in [0.05, 0.1) is 19.4 Å². The molecule has 1 N–H and O–H groups in total. The lowest BCUT2D eigenvalue weighted by atomic mass is 9.98. The number of nitrogens with zero attached hydrogens (tertiary/aromatic N) is 4. The third-order valence-corrected chi connectivity index (χ3v) is 8.11. The number of aromatic nitrogens is 2. The largest absolute Gasteiger partial charge is 0.497 e. The van der Waals surface area contributed by atoms with E-state index in [-0.39, 0.29) is 23.2 Å². The molecule has 9 nitrogen and oxygen atoms in total. The maximum absolute atomic E-state index is 13.9. The summed E-state index contributed by atoms with van der Waals surface area (Å²) < 4.78 is 31.8. The molecule has 0 unspecified atom stereocenters. The highest BCUT2D eigenvalue weighted by Gasteiger charge is 2.35. The molecule has 3 aromatic carbocycles. The molecule has 1 amide bonds. The normalized spacial score (nSPS) is 13.5. The Balaban J connectivity index is 1.48. The maximum Gasteiger partial charge on any atom is 0.277 e. The molecule has 2 heterocycles. The highest BCUT2D eigenvalue weighted by molar-refractivity contribution is 7.90. The number of carbonyl (C=O) groups is 1. The topological polar surface area (TPSA) is 105 Å². The van der Waals surface area contributed by atoms with Gasteiger partial charge in [0.2, 0.25) is 0 Å². The van der Waals surface area contributed by atoms with Gasteiger partial charge >= 0.3 is 0 Å². The van der Waals surface area contributed by atoms with Crippen LogP contribution in [0.3, 0.4) is 0 Å². The summed E-state index contributed by atoms with van der Waals surface area (Å²) in [5.41, 5.74) is 5.22. The molecule has 4 aromatic rings. The van der Waals surface area contributed by atoms with Crippen LogP contribution in [0, 0.1) is 0 Å². The first kappa shape index (κ1) is 27.6. The average Bonchev–Trinajstić information content (AvgIpc) is 3.35. The number of ether oxygens (including phenoxy) is 1. The zero-order valence-corrected chi connectivity index (χ0v) is 23.6. The molecule has 1 aliphatic rings. The van der Waals surface area contributed by atoms with Crippen molar-refractivity contribution < 1.29 is 23.1 Å². The molecule has 208 valence electrons. The van der Waals surface area contributed by atoms with E-state index in [0.29, 0.717) is 43.1 Å². The van der Waals surface area contributed by atoms with E-state index in [4.69, 9.17) is 4.74 Å². The Morgan fingerprint density at radius 2 is 1.68 bits per heavy atom. The van der Waals surface area contributed by atoms with Crippen molar-refractivity contribution in [3.8, 4) is 22.6 Å². The molecule has 0 saturated heterocycles. The molecule has 5 rings (SSSR count). The Labute approximate surface area is 234 Å². The van der Waals surface area contributed by atoms with Gasteiger partial charge in [0, 0.05) is 37.1 Å². The molecular formula is C30H32N4O5S. The average molecular weight is 561 g/mol. The van der Waals surface area contributed by atoms with E-state index in [1.54, 1.807) is 36.3 Å². The summed E-state index contributed by atoms with van der Waals surface area (Å²) in [5.74, 6) is 0.334. The number of methoxy groups -OCH3 is 1. The standard InChI is InChI=1S/C30H32N4O5S/c1-32(18-19-35)20-22-6-4-5-7-26(22)21-8-10-23(11-9-21)33-17-16-27-28(30(33)36)34(31-29(27)40(3,37)38)24-12-14-25(39-2)15-13-24/h4-15,35H,16-20H2,1-3H3. The van der Waals surface area contributed by atoms with Crippen LogP contribution in [0.2, 0.25) is 0 Å². The smallest absolute Gasteiger partial charge is 0.277 e. The SMILES string of the molecule is COc1ccc(-n2nc(S(C)(=O)=O)c3c2C(=O)N(c2ccc(-c4ccccc4CN(C)CCO)cc2)CC3)cc1. The molecule has 1 aliphatic heterocycles. The Bertz CT molecular complexity index is 1630. The molecule has 10 heteroatoms. The Kier molecular flexibility index (Phi) is 7.75. The van der Waals surface area contributed by atoms with Crippen molar-refractivity contribution in [1.82, 2.24) is 14.7 Å². The quantitative estimate of drug-likeness (QED) is 0.334. The van der Waals surface area contributed by atoms with Crippen molar-refractivity contribution in [2.24, 2.45) is 0 Å². The van der Waals surface area contributed by atoms with Crippen molar-refractivity contribution in [2.75, 3.05) is 45.0 Å². The van der Waals surface area contributed by atoms with Crippen LogP contribution in [0.1, 0.15) is 21.6 Å². The lowest BCUT2D eigenvalue weighted by Gasteiger charge is -2.28. The summed E-state index contributed by atoms with van der Waals surface area (Å²) in [6.45, 7) is 1.72. The van der Waals surface area contributed by atoms with Crippen LogP contribution in [0.4, 0.5) is 5.69 Å². The third kappa shape index (κ3) is 5.38. The molecule has 40 heavy (non-hydrogen) atoms. The van der Waals surface area contributed by atoms with Crippen LogP contribution in [0.5, 0.6) is 5.75 Å². The highest BCUT2D eigenvalue weighted by atomic mass is 32.2. The minimum Gasteiger partial charge on any atom is -0.497 e. The van der Waals surface area contributed by atoms with Gasteiger partial charge in [0.1, 0.15) is 11.4 Å². The summed E-state index contributed by atoms with van der Waals surface area (Å²) in [6.07, 6.45) is 1.48. The van der Waals surface area contributed by atoms with Gasteiger partial charge in [-0.15, -0.1) is 0 Å². The first-order valence-electron chi connectivity index (χ1n) is 13.0. The second-order valence-electron chi connectivity index (χ2n) is 9.89. The summed E-state index contributed by atoms with van der Waals surface area (Å²) in [5, 5.41) is 13.6. The lowest BCUT2D eigenvalue weighted by molar-refractivity contribution is 0.0973. The number of rotatable bonds is 9. The van der Waals surface area contributed by atoms with Gasteiger partial charge in [-0.25, -0.2) is 13.1 Å². The number of fused-ring (bicyclic) bond motifs is 1. The van der Waals surface area contributed by atoms with Gasteiger partial charge in [-0.1, -0.05) is 36.4 Å². The second-order valence-corrected chi connectivity index (χ2v) is 11.8. The number of carbonyl (C=O) groups excluding carboxylic acids is 1. The van der Waals surface area contributed by atoms with Gasteiger partial charge in [-0.2, -0.15) is 5.10 Å². The number of aliphatic hydroxyl groups is 1. The Morgan fingerprint density at radius 1 is 1.00 bits per heavy atom. The van der Waals surface area contributed by atoms with Crippen LogP contribution < -0.4 is 9.64 Å². The fourth-order valence-corrected chi connectivity index (χ4v) is 5.96. The van der Waals surface area contributed by atoms with Gasteiger partial charge in [0.25, 0.3) is 5.91 Å². The van der Waals surface area contributed by atoms with E-state index < -0.39 is 9.84 Å². The number of anilines is 1. The Morgan fingerprint density at radius 3 is 2.33 bits per heavy atom. The number of hydrogen-bond acceptors (Lipinski definition) is 7. The monoisotopic (exact) mass is 560 g/mol. The molecule has 1 aromatic heterocycles. The number of likely N-dealkylation sites (N-methyl/N-ethyl adjacent to an activating group) is 1. The first-order valence-corrected chi connectivity index (χ1v) is 14.9.